The zero-order chi connectivity index (χ0) is 21.0. The molecule has 0 saturated heterocycles. The Labute approximate surface area is 175 Å². The molecule has 0 spiro atoms. The first kappa shape index (κ1) is 20.9. The Kier molecular flexibility index (Phi) is 6.24. The Morgan fingerprint density at radius 2 is 1.90 bits per heavy atom. The zero-order valence-corrected chi connectivity index (χ0v) is 17.6. The van der Waals surface area contributed by atoms with E-state index in [1.165, 1.54) is 6.20 Å². The maximum atomic E-state index is 12.7. The lowest BCUT2D eigenvalue weighted by Gasteiger charge is -2.15. The Morgan fingerprint density at radius 3 is 2.62 bits per heavy atom. The van der Waals surface area contributed by atoms with Gasteiger partial charge in [-0.05, 0) is 43.7 Å². The van der Waals surface area contributed by atoms with Gasteiger partial charge in [-0.15, -0.1) is 0 Å². The monoisotopic (exact) mass is 431 g/mol. The van der Waals surface area contributed by atoms with Crippen molar-refractivity contribution < 1.29 is 8.42 Å². The van der Waals surface area contributed by atoms with Gasteiger partial charge in [0.05, 0.1) is 22.0 Å². The van der Waals surface area contributed by atoms with Crippen LogP contribution < -0.4 is 16.4 Å². The number of anilines is 4. The third-order valence-electron chi connectivity index (χ3n) is 4.21. The van der Waals surface area contributed by atoms with E-state index >= 15 is 0 Å². The number of para-hydroxylation sites is 1. The number of hydrogen-bond acceptors (Lipinski definition) is 7. The fraction of sp³-hybridized carbons (Fsp3) is 0.200. The molecule has 3 rings (SSSR count). The quantitative estimate of drug-likeness (QED) is 0.479. The van der Waals surface area contributed by atoms with E-state index in [-0.39, 0.29) is 9.92 Å². The van der Waals surface area contributed by atoms with Crippen molar-refractivity contribution in [2.75, 3.05) is 16.4 Å². The fourth-order valence-electron chi connectivity index (χ4n) is 2.62. The van der Waals surface area contributed by atoms with E-state index in [9.17, 15) is 8.42 Å². The summed E-state index contributed by atoms with van der Waals surface area (Å²) in [5.41, 5.74) is 7.85. The number of benzene rings is 2. The lowest BCUT2D eigenvalue weighted by atomic mass is 10.2. The van der Waals surface area contributed by atoms with Crippen LogP contribution in [0, 0.1) is 0 Å². The Balaban J connectivity index is 1.85. The van der Waals surface area contributed by atoms with Crippen molar-refractivity contribution in [3.8, 4) is 0 Å². The second-order valence-corrected chi connectivity index (χ2v) is 9.58. The number of halogens is 1. The molecule has 0 amide bonds. The van der Waals surface area contributed by atoms with Gasteiger partial charge in [0, 0.05) is 12.2 Å². The van der Waals surface area contributed by atoms with Crippen LogP contribution in [0.15, 0.2) is 59.6 Å². The maximum Gasteiger partial charge on any atom is 0.224 e. The van der Waals surface area contributed by atoms with Crippen LogP contribution in [0.3, 0.4) is 0 Å². The number of nitrogens with one attached hydrogen (secondary N) is 2. The Bertz CT molecular complexity index is 1120. The molecule has 0 aliphatic carbocycles. The van der Waals surface area contributed by atoms with Crippen molar-refractivity contribution in [3.05, 3.63) is 65.3 Å². The highest BCUT2D eigenvalue weighted by molar-refractivity contribution is 7.92. The van der Waals surface area contributed by atoms with E-state index in [4.69, 9.17) is 17.3 Å². The molecule has 0 atom stereocenters. The van der Waals surface area contributed by atoms with Gasteiger partial charge >= 0.3 is 0 Å². The molecule has 9 heteroatoms. The van der Waals surface area contributed by atoms with Crippen LogP contribution in [0.1, 0.15) is 19.4 Å². The van der Waals surface area contributed by atoms with Gasteiger partial charge in [0.25, 0.3) is 0 Å². The average molecular weight is 432 g/mol. The van der Waals surface area contributed by atoms with Crippen molar-refractivity contribution >= 4 is 44.6 Å². The molecule has 4 N–H and O–H groups in total. The molecule has 0 aliphatic heterocycles. The van der Waals surface area contributed by atoms with Crippen LogP contribution in [0.2, 0.25) is 5.02 Å². The molecular formula is C20H22ClN5O2S. The van der Waals surface area contributed by atoms with Gasteiger partial charge < -0.3 is 16.4 Å². The molecule has 2 aromatic carbocycles. The fourth-order valence-corrected chi connectivity index (χ4v) is 3.96. The molecule has 7 nitrogen and oxygen atoms in total. The van der Waals surface area contributed by atoms with Crippen LogP contribution >= 0.6 is 11.6 Å². The summed E-state index contributed by atoms with van der Waals surface area (Å²) >= 11 is 6.23. The third-order valence-corrected chi connectivity index (χ3v) is 6.70. The highest BCUT2D eigenvalue weighted by atomic mass is 35.5. The summed E-state index contributed by atoms with van der Waals surface area (Å²) in [5, 5.41) is 5.86. The Morgan fingerprint density at radius 1 is 1.14 bits per heavy atom. The number of hydrogen-bond donors (Lipinski definition) is 3. The summed E-state index contributed by atoms with van der Waals surface area (Å²) in [6.45, 7) is 3.76. The molecule has 0 aliphatic rings. The summed E-state index contributed by atoms with van der Waals surface area (Å²) < 4.78 is 25.3. The lowest BCUT2D eigenvalue weighted by molar-refractivity contribution is 0.588. The largest absolute Gasteiger partial charge is 0.399 e. The minimum atomic E-state index is -3.48. The summed E-state index contributed by atoms with van der Waals surface area (Å²) in [6, 6.07) is 14.1. The number of nitrogens with two attached hydrogens (primary N) is 1. The highest BCUT2D eigenvalue weighted by Crippen LogP contribution is 2.30. The van der Waals surface area contributed by atoms with Gasteiger partial charge in [0.15, 0.2) is 15.7 Å². The Hall–Kier alpha value is -2.84. The molecule has 0 radical (unpaired) electrons. The minimum Gasteiger partial charge on any atom is -0.399 e. The van der Waals surface area contributed by atoms with Crippen LogP contribution in [0.5, 0.6) is 0 Å². The number of nitrogens with zero attached hydrogens (tertiary/aromatic N) is 2. The average Bonchev–Trinajstić information content (AvgIpc) is 2.69. The van der Waals surface area contributed by atoms with E-state index < -0.39 is 15.1 Å². The van der Waals surface area contributed by atoms with Crippen molar-refractivity contribution in [1.29, 1.82) is 0 Å². The summed E-state index contributed by atoms with van der Waals surface area (Å²) in [4.78, 5) is 8.75. The first-order valence-electron chi connectivity index (χ1n) is 8.98. The number of sulfone groups is 1. The topological polar surface area (TPSA) is 110 Å². The van der Waals surface area contributed by atoms with E-state index in [1.807, 2.05) is 24.3 Å². The number of nitrogen functional groups attached to an aromatic ring is 1. The lowest BCUT2D eigenvalue weighted by Crippen LogP contribution is -2.15. The predicted octanol–water partition coefficient (Wildman–Crippen LogP) is 4.25. The van der Waals surface area contributed by atoms with Crippen molar-refractivity contribution in [2.45, 2.75) is 30.5 Å². The molecule has 3 aromatic rings. The molecule has 0 bridgehead atoms. The zero-order valence-electron chi connectivity index (χ0n) is 16.1. The smallest absolute Gasteiger partial charge is 0.224 e. The SMILES string of the molecule is CC(C)S(=O)(=O)c1ccccc1Nc1nc(NCc2cccc(N)c2)ncc1Cl. The van der Waals surface area contributed by atoms with E-state index in [0.29, 0.717) is 29.7 Å². The van der Waals surface area contributed by atoms with Gasteiger partial charge in [0.1, 0.15) is 5.02 Å². The molecule has 0 unspecified atom stereocenters. The molecule has 29 heavy (non-hydrogen) atoms. The first-order chi connectivity index (χ1) is 13.8. The van der Waals surface area contributed by atoms with Crippen molar-refractivity contribution in [2.24, 2.45) is 0 Å². The second kappa shape index (κ2) is 8.67. The molecule has 0 fully saturated rings. The van der Waals surface area contributed by atoms with Crippen LogP contribution in [-0.2, 0) is 16.4 Å². The molecule has 152 valence electrons. The van der Waals surface area contributed by atoms with Crippen LogP contribution in [0.25, 0.3) is 0 Å². The van der Waals surface area contributed by atoms with E-state index in [0.717, 1.165) is 5.56 Å². The standard InChI is InChI=1S/C20H22ClN5O2S/c1-13(2)29(27,28)18-9-4-3-8-17(18)25-19-16(21)12-24-20(26-19)23-11-14-6-5-7-15(22)10-14/h3-10,12-13H,11,22H2,1-2H3,(H2,23,24,25,26). The van der Waals surface area contributed by atoms with Gasteiger partial charge in [-0.1, -0.05) is 35.9 Å². The minimum absolute atomic E-state index is 0.193. The third kappa shape index (κ3) is 4.96. The van der Waals surface area contributed by atoms with Gasteiger partial charge in [0.2, 0.25) is 5.95 Å². The highest BCUT2D eigenvalue weighted by Gasteiger charge is 2.23. The van der Waals surface area contributed by atoms with Gasteiger partial charge in [-0.25, -0.2) is 13.4 Å². The summed E-state index contributed by atoms with van der Waals surface area (Å²) in [5.74, 6) is 0.659. The molecule has 0 saturated carbocycles. The van der Waals surface area contributed by atoms with Gasteiger partial charge in [-0.2, -0.15) is 4.98 Å². The first-order valence-corrected chi connectivity index (χ1v) is 10.9. The summed E-state index contributed by atoms with van der Waals surface area (Å²) in [7, 11) is -3.48. The van der Waals surface area contributed by atoms with Gasteiger partial charge in [-0.3, -0.25) is 0 Å². The normalized spacial score (nSPS) is 11.4. The summed E-state index contributed by atoms with van der Waals surface area (Å²) in [6.07, 6.45) is 1.46. The number of rotatable bonds is 7. The molecular weight excluding hydrogens is 410 g/mol. The second-order valence-electron chi connectivity index (χ2n) is 6.70. The van der Waals surface area contributed by atoms with Crippen LogP contribution in [-0.4, -0.2) is 23.6 Å². The van der Waals surface area contributed by atoms with Crippen LogP contribution in [0.4, 0.5) is 23.1 Å². The number of aromatic nitrogens is 2. The van der Waals surface area contributed by atoms with E-state index in [1.54, 1.807) is 38.1 Å². The van der Waals surface area contributed by atoms with Crippen molar-refractivity contribution in [1.82, 2.24) is 9.97 Å². The van der Waals surface area contributed by atoms with Crippen molar-refractivity contribution in [3.63, 3.8) is 0 Å². The molecule has 1 heterocycles. The van der Waals surface area contributed by atoms with E-state index in [2.05, 4.69) is 20.6 Å². The molecule has 1 aromatic heterocycles. The predicted molar refractivity (Wildman–Crippen MR) is 117 cm³/mol. The maximum absolute atomic E-state index is 12.7.